The van der Waals surface area contributed by atoms with E-state index in [1.807, 2.05) is 41.8 Å². The second-order valence-electron chi connectivity index (χ2n) is 5.63. The lowest BCUT2D eigenvalue weighted by atomic mass is 10.2. The number of hydrogen-bond acceptors (Lipinski definition) is 5. The normalized spacial score (nSPS) is 11.0. The van der Waals surface area contributed by atoms with Crippen molar-refractivity contribution in [3.8, 4) is 17.1 Å². The van der Waals surface area contributed by atoms with Crippen LogP contribution >= 0.6 is 23.1 Å². The van der Waals surface area contributed by atoms with Crippen molar-refractivity contribution in [1.29, 1.82) is 0 Å². The maximum absolute atomic E-state index is 13.3. The Morgan fingerprint density at radius 3 is 2.50 bits per heavy atom. The Bertz CT molecular complexity index is 1010. The molecule has 26 heavy (non-hydrogen) atoms. The monoisotopic (exact) mass is 382 g/mol. The van der Waals surface area contributed by atoms with Crippen LogP contribution in [-0.2, 0) is 5.75 Å². The van der Waals surface area contributed by atoms with E-state index in [0.717, 1.165) is 32.9 Å². The quantitative estimate of drug-likeness (QED) is 0.449. The molecule has 0 bridgehead atoms. The highest BCUT2D eigenvalue weighted by Gasteiger charge is 2.16. The van der Waals surface area contributed by atoms with E-state index in [1.54, 1.807) is 35.2 Å². The molecule has 0 saturated carbocycles. The van der Waals surface area contributed by atoms with E-state index in [2.05, 4.69) is 20.6 Å². The van der Waals surface area contributed by atoms with E-state index in [-0.39, 0.29) is 5.82 Å². The molecule has 4 rings (SSSR count). The number of para-hydroxylation sites is 1. The number of nitrogens with zero attached hydrogens (tertiary/aromatic N) is 4. The van der Waals surface area contributed by atoms with Gasteiger partial charge in [-0.15, -0.1) is 21.5 Å². The van der Waals surface area contributed by atoms with Gasteiger partial charge in [-0.25, -0.2) is 9.37 Å². The molecular weight excluding hydrogens is 367 g/mol. The molecule has 0 atom stereocenters. The fourth-order valence-electron chi connectivity index (χ4n) is 2.57. The summed E-state index contributed by atoms with van der Waals surface area (Å²) in [4.78, 5) is 4.50. The molecule has 0 N–H and O–H groups in total. The summed E-state index contributed by atoms with van der Waals surface area (Å²) in [6.07, 6.45) is 0. The lowest BCUT2D eigenvalue weighted by Crippen LogP contribution is -1.99. The van der Waals surface area contributed by atoms with E-state index in [0.29, 0.717) is 5.82 Å². The summed E-state index contributed by atoms with van der Waals surface area (Å²) >= 11 is 3.23. The molecule has 0 aliphatic carbocycles. The molecule has 0 amide bonds. The predicted molar refractivity (Wildman–Crippen MR) is 103 cm³/mol. The zero-order valence-corrected chi connectivity index (χ0v) is 15.6. The van der Waals surface area contributed by atoms with Crippen LogP contribution in [0.1, 0.15) is 10.7 Å². The number of aryl methyl sites for hydroxylation is 1. The van der Waals surface area contributed by atoms with Crippen molar-refractivity contribution in [3.63, 3.8) is 0 Å². The third kappa shape index (κ3) is 3.54. The zero-order chi connectivity index (χ0) is 17.9. The van der Waals surface area contributed by atoms with Gasteiger partial charge in [0, 0.05) is 22.4 Å². The van der Waals surface area contributed by atoms with Gasteiger partial charge in [-0.05, 0) is 43.3 Å². The molecule has 130 valence electrons. The summed E-state index contributed by atoms with van der Waals surface area (Å²) in [6.45, 7) is 2.00. The third-order valence-corrected chi connectivity index (χ3v) is 5.55. The van der Waals surface area contributed by atoms with Crippen LogP contribution in [0.2, 0.25) is 0 Å². The second kappa shape index (κ2) is 7.39. The van der Waals surface area contributed by atoms with E-state index in [1.165, 1.54) is 12.1 Å². The van der Waals surface area contributed by atoms with Crippen molar-refractivity contribution in [1.82, 2.24) is 19.7 Å². The lowest BCUT2D eigenvalue weighted by molar-refractivity contribution is 0.628. The van der Waals surface area contributed by atoms with Gasteiger partial charge in [-0.2, -0.15) is 0 Å². The number of benzene rings is 2. The van der Waals surface area contributed by atoms with Crippen molar-refractivity contribution in [2.24, 2.45) is 0 Å². The fourth-order valence-corrected chi connectivity index (χ4v) is 4.13. The summed E-state index contributed by atoms with van der Waals surface area (Å²) in [6, 6.07) is 16.2. The van der Waals surface area contributed by atoms with Crippen molar-refractivity contribution in [3.05, 3.63) is 76.5 Å². The first-order valence-corrected chi connectivity index (χ1v) is 9.88. The highest BCUT2D eigenvalue weighted by molar-refractivity contribution is 7.98. The minimum absolute atomic E-state index is 0.270. The molecule has 4 nitrogen and oxygen atoms in total. The van der Waals surface area contributed by atoms with Gasteiger partial charge < -0.3 is 0 Å². The number of rotatable bonds is 5. The largest absolute Gasteiger partial charge is 0.270 e. The van der Waals surface area contributed by atoms with Gasteiger partial charge in [0.2, 0.25) is 0 Å². The fraction of sp³-hybridized carbons (Fsp3) is 0.105. The topological polar surface area (TPSA) is 43.6 Å². The molecule has 0 aliphatic rings. The molecule has 0 spiro atoms. The number of aromatic nitrogens is 4. The zero-order valence-electron chi connectivity index (χ0n) is 14.0. The number of thiazole rings is 1. The smallest absolute Gasteiger partial charge is 0.196 e. The highest BCUT2D eigenvalue weighted by atomic mass is 32.2. The minimum Gasteiger partial charge on any atom is -0.270 e. The van der Waals surface area contributed by atoms with Gasteiger partial charge in [0.05, 0.1) is 10.7 Å². The Labute approximate surface area is 158 Å². The first-order valence-electron chi connectivity index (χ1n) is 8.01. The molecule has 2 aromatic heterocycles. The van der Waals surface area contributed by atoms with Gasteiger partial charge in [0.15, 0.2) is 11.0 Å². The third-order valence-electron chi connectivity index (χ3n) is 3.77. The van der Waals surface area contributed by atoms with Crippen LogP contribution in [0.3, 0.4) is 0 Å². The predicted octanol–water partition coefficient (Wildman–Crippen LogP) is 5.13. The van der Waals surface area contributed by atoms with Gasteiger partial charge in [-0.3, -0.25) is 4.57 Å². The van der Waals surface area contributed by atoms with Crippen LogP contribution in [-0.4, -0.2) is 19.7 Å². The Hall–Kier alpha value is -2.51. The molecule has 0 radical (unpaired) electrons. The van der Waals surface area contributed by atoms with Gasteiger partial charge in [0.25, 0.3) is 0 Å². The van der Waals surface area contributed by atoms with Crippen LogP contribution in [0.5, 0.6) is 0 Å². The van der Waals surface area contributed by atoms with Gasteiger partial charge in [-0.1, -0.05) is 30.0 Å². The average molecular weight is 382 g/mol. The van der Waals surface area contributed by atoms with Crippen molar-refractivity contribution < 1.29 is 4.39 Å². The average Bonchev–Trinajstić information content (AvgIpc) is 3.27. The Kier molecular flexibility index (Phi) is 4.81. The minimum atomic E-state index is -0.270. The highest BCUT2D eigenvalue weighted by Crippen LogP contribution is 2.30. The Balaban J connectivity index is 1.73. The Morgan fingerprint density at radius 2 is 1.81 bits per heavy atom. The number of thioether (sulfide) groups is 1. The molecule has 2 aromatic carbocycles. The van der Waals surface area contributed by atoms with Crippen molar-refractivity contribution in [2.75, 3.05) is 0 Å². The van der Waals surface area contributed by atoms with Crippen LogP contribution < -0.4 is 0 Å². The van der Waals surface area contributed by atoms with Crippen LogP contribution in [0.4, 0.5) is 4.39 Å². The van der Waals surface area contributed by atoms with Crippen molar-refractivity contribution >= 4 is 23.1 Å². The van der Waals surface area contributed by atoms with Crippen LogP contribution in [0.15, 0.2) is 65.1 Å². The van der Waals surface area contributed by atoms with E-state index in [4.69, 9.17) is 0 Å². The maximum Gasteiger partial charge on any atom is 0.196 e. The number of hydrogen-bond donors (Lipinski definition) is 0. The second-order valence-corrected chi connectivity index (χ2v) is 7.64. The SMILES string of the molecule is Cc1nc(CSc2nnc(-c3ccc(F)cc3)n2-c2ccccc2)cs1. The molecule has 0 unspecified atom stereocenters. The Morgan fingerprint density at radius 1 is 1.04 bits per heavy atom. The summed E-state index contributed by atoms with van der Waals surface area (Å²) in [7, 11) is 0. The van der Waals surface area contributed by atoms with Crippen LogP contribution in [0.25, 0.3) is 17.1 Å². The summed E-state index contributed by atoms with van der Waals surface area (Å²) < 4.78 is 15.3. The van der Waals surface area contributed by atoms with E-state index < -0.39 is 0 Å². The standard InChI is InChI=1S/C19H15FN4S2/c1-13-21-16(11-25-13)12-26-19-23-22-18(14-7-9-15(20)10-8-14)24(19)17-5-3-2-4-6-17/h2-11H,12H2,1H3. The van der Waals surface area contributed by atoms with Crippen LogP contribution in [0, 0.1) is 12.7 Å². The molecular formula is C19H15FN4S2. The van der Waals surface area contributed by atoms with Gasteiger partial charge >= 0.3 is 0 Å². The summed E-state index contributed by atoms with van der Waals surface area (Å²) in [5, 5.41) is 12.6. The number of halogens is 1. The van der Waals surface area contributed by atoms with Crippen molar-refractivity contribution in [2.45, 2.75) is 17.8 Å². The molecule has 0 aliphatic heterocycles. The first kappa shape index (κ1) is 16.9. The first-order chi connectivity index (χ1) is 12.7. The molecule has 0 fully saturated rings. The van der Waals surface area contributed by atoms with E-state index in [9.17, 15) is 4.39 Å². The molecule has 0 saturated heterocycles. The molecule has 7 heteroatoms. The maximum atomic E-state index is 13.3. The summed E-state index contributed by atoms with van der Waals surface area (Å²) in [5.74, 6) is 1.14. The molecule has 2 heterocycles. The summed E-state index contributed by atoms with van der Waals surface area (Å²) in [5.41, 5.74) is 2.82. The van der Waals surface area contributed by atoms with E-state index >= 15 is 0 Å². The lowest BCUT2D eigenvalue weighted by Gasteiger charge is -2.10. The van der Waals surface area contributed by atoms with Gasteiger partial charge in [0.1, 0.15) is 5.82 Å². The molecule has 4 aromatic rings.